The number of thiophene rings is 1. The summed E-state index contributed by atoms with van der Waals surface area (Å²) in [5.41, 5.74) is 1.34. The summed E-state index contributed by atoms with van der Waals surface area (Å²) in [5, 5.41) is 17.0. The minimum absolute atomic E-state index is 0.204. The fourth-order valence-corrected chi connectivity index (χ4v) is 3.18. The van der Waals surface area contributed by atoms with Gasteiger partial charge in [0.1, 0.15) is 0 Å². The van der Waals surface area contributed by atoms with Crippen LogP contribution in [-0.4, -0.2) is 6.04 Å². The van der Waals surface area contributed by atoms with Gasteiger partial charge in [0.25, 0.3) is 0 Å². The first kappa shape index (κ1) is 11.6. The molecule has 3 atom stereocenters. The molecule has 0 bridgehead atoms. The molecule has 16 heavy (non-hydrogen) atoms. The molecule has 0 saturated heterocycles. The average molecular weight is 234 g/mol. The lowest BCUT2D eigenvalue weighted by Gasteiger charge is -2.30. The number of hydrogen-bond acceptors (Lipinski definition) is 3. The van der Waals surface area contributed by atoms with Crippen molar-refractivity contribution < 1.29 is 0 Å². The lowest BCUT2D eigenvalue weighted by atomic mass is 9.85. The van der Waals surface area contributed by atoms with E-state index in [9.17, 15) is 0 Å². The van der Waals surface area contributed by atoms with E-state index in [-0.39, 0.29) is 5.92 Å². The maximum atomic E-state index is 9.12. The molecule has 1 aliphatic carbocycles. The summed E-state index contributed by atoms with van der Waals surface area (Å²) in [6.45, 7) is 2.19. The molecule has 1 heterocycles. The molecule has 3 unspecified atom stereocenters. The summed E-state index contributed by atoms with van der Waals surface area (Å²) >= 11 is 1.73. The van der Waals surface area contributed by atoms with Crippen LogP contribution in [0.3, 0.4) is 0 Å². The van der Waals surface area contributed by atoms with Crippen molar-refractivity contribution in [2.45, 2.75) is 44.7 Å². The highest BCUT2D eigenvalue weighted by Crippen LogP contribution is 2.26. The van der Waals surface area contributed by atoms with E-state index in [0.29, 0.717) is 12.1 Å². The Morgan fingerprint density at radius 1 is 1.50 bits per heavy atom. The van der Waals surface area contributed by atoms with Gasteiger partial charge in [0, 0.05) is 12.1 Å². The zero-order valence-corrected chi connectivity index (χ0v) is 10.5. The monoisotopic (exact) mass is 234 g/mol. The summed E-state index contributed by atoms with van der Waals surface area (Å²) in [6, 6.07) is 5.35. The molecule has 1 fully saturated rings. The quantitative estimate of drug-likeness (QED) is 0.869. The van der Waals surface area contributed by atoms with E-state index in [1.165, 1.54) is 18.4 Å². The van der Waals surface area contributed by atoms with Crippen molar-refractivity contribution in [3.63, 3.8) is 0 Å². The second kappa shape index (κ2) is 5.47. The van der Waals surface area contributed by atoms with Gasteiger partial charge in [-0.3, -0.25) is 0 Å². The Kier molecular flexibility index (Phi) is 3.98. The molecule has 0 aliphatic heterocycles. The second-order valence-corrected chi connectivity index (χ2v) is 5.35. The summed E-state index contributed by atoms with van der Waals surface area (Å²) < 4.78 is 0. The molecule has 1 aromatic heterocycles. The third-order valence-electron chi connectivity index (χ3n) is 3.44. The molecule has 0 aromatic carbocycles. The van der Waals surface area contributed by atoms with Gasteiger partial charge in [-0.05, 0) is 42.2 Å². The first-order valence-corrected chi connectivity index (χ1v) is 6.93. The van der Waals surface area contributed by atoms with Crippen molar-refractivity contribution >= 4 is 11.3 Å². The van der Waals surface area contributed by atoms with E-state index in [2.05, 4.69) is 35.1 Å². The van der Waals surface area contributed by atoms with Crippen molar-refractivity contribution in [3.05, 3.63) is 22.4 Å². The summed E-state index contributed by atoms with van der Waals surface area (Å²) in [7, 11) is 0. The molecular weight excluding hydrogens is 216 g/mol. The van der Waals surface area contributed by atoms with Crippen LogP contribution in [0.1, 0.15) is 44.2 Å². The van der Waals surface area contributed by atoms with Crippen LogP contribution in [0.25, 0.3) is 0 Å². The number of hydrogen-bond donors (Lipinski definition) is 1. The minimum Gasteiger partial charge on any atom is -0.306 e. The van der Waals surface area contributed by atoms with Crippen LogP contribution in [0.2, 0.25) is 0 Å². The van der Waals surface area contributed by atoms with Crippen LogP contribution < -0.4 is 5.32 Å². The highest BCUT2D eigenvalue weighted by Gasteiger charge is 2.26. The SMILES string of the molecule is CC(NC1CCCCC1C#N)c1ccsc1. The third-order valence-corrected chi connectivity index (χ3v) is 4.14. The predicted molar refractivity (Wildman–Crippen MR) is 67.2 cm³/mol. The molecule has 1 saturated carbocycles. The van der Waals surface area contributed by atoms with Crippen molar-refractivity contribution in [3.8, 4) is 6.07 Å². The molecule has 1 aromatic rings. The van der Waals surface area contributed by atoms with E-state index in [4.69, 9.17) is 5.26 Å². The molecule has 3 heteroatoms. The van der Waals surface area contributed by atoms with Gasteiger partial charge in [0.15, 0.2) is 0 Å². The van der Waals surface area contributed by atoms with Crippen LogP contribution in [0.15, 0.2) is 16.8 Å². The van der Waals surface area contributed by atoms with Gasteiger partial charge in [0.05, 0.1) is 12.0 Å². The normalized spacial score (nSPS) is 27.2. The zero-order valence-electron chi connectivity index (χ0n) is 9.65. The Labute approximate surface area is 101 Å². The largest absolute Gasteiger partial charge is 0.306 e. The van der Waals surface area contributed by atoms with Gasteiger partial charge in [-0.15, -0.1) is 0 Å². The lowest BCUT2D eigenvalue weighted by Crippen LogP contribution is -2.39. The Morgan fingerprint density at radius 2 is 2.31 bits per heavy atom. The van der Waals surface area contributed by atoms with Crippen LogP contribution in [0.4, 0.5) is 0 Å². The summed E-state index contributed by atoms with van der Waals surface area (Å²) in [6.07, 6.45) is 4.67. The Hall–Kier alpha value is -0.850. The second-order valence-electron chi connectivity index (χ2n) is 4.57. The molecule has 1 N–H and O–H groups in total. The number of rotatable bonds is 3. The molecule has 2 rings (SSSR count). The molecular formula is C13H18N2S. The van der Waals surface area contributed by atoms with Gasteiger partial charge in [0.2, 0.25) is 0 Å². The maximum Gasteiger partial charge on any atom is 0.0672 e. The summed E-state index contributed by atoms with van der Waals surface area (Å²) in [5.74, 6) is 0.204. The average Bonchev–Trinajstić information content (AvgIpc) is 2.83. The number of nitrogens with zero attached hydrogens (tertiary/aromatic N) is 1. The fraction of sp³-hybridized carbons (Fsp3) is 0.615. The van der Waals surface area contributed by atoms with E-state index < -0.39 is 0 Å². The highest BCUT2D eigenvalue weighted by molar-refractivity contribution is 7.07. The molecule has 0 spiro atoms. The van der Waals surface area contributed by atoms with E-state index >= 15 is 0 Å². The topological polar surface area (TPSA) is 35.8 Å². The predicted octanol–water partition coefficient (Wildman–Crippen LogP) is 3.48. The molecule has 2 nitrogen and oxygen atoms in total. The lowest BCUT2D eigenvalue weighted by molar-refractivity contribution is 0.292. The highest BCUT2D eigenvalue weighted by atomic mass is 32.1. The van der Waals surface area contributed by atoms with Crippen molar-refractivity contribution in [1.82, 2.24) is 5.32 Å². The van der Waals surface area contributed by atoms with Crippen molar-refractivity contribution in [2.24, 2.45) is 5.92 Å². The van der Waals surface area contributed by atoms with E-state index in [1.807, 2.05) is 0 Å². The van der Waals surface area contributed by atoms with Crippen LogP contribution in [0.5, 0.6) is 0 Å². The van der Waals surface area contributed by atoms with Crippen molar-refractivity contribution in [2.75, 3.05) is 0 Å². The number of nitrogens with one attached hydrogen (secondary N) is 1. The van der Waals surface area contributed by atoms with E-state index in [0.717, 1.165) is 12.8 Å². The fourth-order valence-electron chi connectivity index (χ4n) is 2.42. The summed E-state index contributed by atoms with van der Waals surface area (Å²) in [4.78, 5) is 0. The first-order chi connectivity index (χ1) is 7.81. The Morgan fingerprint density at radius 3 is 3.00 bits per heavy atom. The van der Waals surface area contributed by atoms with Crippen LogP contribution in [-0.2, 0) is 0 Å². The minimum atomic E-state index is 0.204. The number of nitriles is 1. The van der Waals surface area contributed by atoms with Gasteiger partial charge in [-0.25, -0.2) is 0 Å². The van der Waals surface area contributed by atoms with Crippen LogP contribution >= 0.6 is 11.3 Å². The molecule has 0 radical (unpaired) electrons. The third kappa shape index (κ3) is 2.63. The maximum absolute atomic E-state index is 9.12. The zero-order chi connectivity index (χ0) is 11.4. The molecule has 86 valence electrons. The Balaban J connectivity index is 1.95. The Bertz CT molecular complexity index is 353. The standard InChI is InChI=1S/C13H18N2S/c1-10(12-6-7-16-9-12)15-13-5-3-2-4-11(13)8-14/h6-7,9-11,13,15H,2-5H2,1H3. The molecule has 1 aliphatic rings. The van der Waals surface area contributed by atoms with Gasteiger partial charge in [-0.1, -0.05) is 12.8 Å². The van der Waals surface area contributed by atoms with Gasteiger partial charge >= 0.3 is 0 Å². The van der Waals surface area contributed by atoms with Gasteiger partial charge < -0.3 is 5.32 Å². The van der Waals surface area contributed by atoms with Crippen LogP contribution in [0, 0.1) is 17.2 Å². The molecule has 0 amide bonds. The first-order valence-electron chi connectivity index (χ1n) is 5.99. The van der Waals surface area contributed by atoms with Gasteiger partial charge in [-0.2, -0.15) is 16.6 Å². The van der Waals surface area contributed by atoms with Crippen molar-refractivity contribution in [1.29, 1.82) is 5.26 Å². The van der Waals surface area contributed by atoms with E-state index in [1.54, 1.807) is 11.3 Å². The smallest absolute Gasteiger partial charge is 0.0672 e.